The van der Waals surface area contributed by atoms with Crippen LogP contribution in [0.4, 0.5) is 0 Å². The van der Waals surface area contributed by atoms with Crippen LogP contribution in [0, 0.1) is 0 Å². The molecule has 0 aliphatic heterocycles. The minimum absolute atomic E-state index is 0.326. The van der Waals surface area contributed by atoms with Crippen LogP contribution in [-0.4, -0.2) is 19.3 Å². The number of aliphatic hydroxyl groups is 1. The molecule has 2 heteroatoms. The quantitative estimate of drug-likeness (QED) is 0.605. The van der Waals surface area contributed by atoms with E-state index >= 15 is 0 Å². The zero-order valence-corrected chi connectivity index (χ0v) is 12.7. The molecule has 0 fully saturated rings. The lowest BCUT2D eigenvalue weighted by Gasteiger charge is -2.19. The molecule has 0 radical (unpaired) electrons. The highest BCUT2D eigenvalue weighted by Gasteiger charge is 2.17. The van der Waals surface area contributed by atoms with Crippen LogP contribution in [0.5, 0.6) is 0 Å². The Morgan fingerprint density at radius 3 is 2.39 bits per heavy atom. The summed E-state index contributed by atoms with van der Waals surface area (Å²) in [6.07, 6.45) is 1.08. The molecule has 0 saturated carbocycles. The Morgan fingerprint density at radius 2 is 1.89 bits per heavy atom. The molecule has 0 aromatic heterocycles. The van der Waals surface area contributed by atoms with Crippen molar-refractivity contribution in [2.75, 3.05) is 0 Å². The molecule has 1 N–H and O–H groups in total. The second kappa shape index (κ2) is 6.74. The summed E-state index contributed by atoms with van der Waals surface area (Å²) in [5.74, 6) is 0. The van der Waals surface area contributed by atoms with Crippen molar-refractivity contribution in [2.24, 2.45) is 0 Å². The van der Waals surface area contributed by atoms with Crippen LogP contribution in [0.15, 0.2) is 48.2 Å². The maximum atomic E-state index is 10.1. The van der Waals surface area contributed by atoms with Gasteiger partial charge in [0, 0.05) is 14.5 Å². The summed E-state index contributed by atoms with van der Waals surface area (Å²) in [5.41, 5.74) is 5.38. The topological polar surface area (TPSA) is 20.2 Å². The van der Waals surface area contributed by atoms with Crippen LogP contribution in [0.25, 0.3) is 0 Å². The molecule has 0 aliphatic rings. The van der Waals surface area contributed by atoms with Crippen LogP contribution in [0.1, 0.15) is 12.0 Å². The predicted molar refractivity (Wildman–Crippen MR) is 81.6 cm³/mol. The summed E-state index contributed by atoms with van der Waals surface area (Å²) in [7, 11) is -1.15. The SMILES string of the molecule is C=C=C(CC(O)Cc1ccccc1)C[Si](C)(C)C. The average molecular weight is 260 g/mol. The van der Waals surface area contributed by atoms with E-state index < -0.39 is 8.07 Å². The van der Waals surface area contributed by atoms with Crippen LogP contribution >= 0.6 is 0 Å². The first-order chi connectivity index (χ1) is 8.40. The maximum absolute atomic E-state index is 10.1. The Morgan fingerprint density at radius 1 is 1.28 bits per heavy atom. The second-order valence-electron chi connectivity index (χ2n) is 6.07. The Balaban J connectivity index is 2.54. The van der Waals surface area contributed by atoms with Crippen LogP contribution < -0.4 is 0 Å². The summed E-state index contributed by atoms with van der Waals surface area (Å²) in [6, 6.07) is 11.2. The van der Waals surface area contributed by atoms with Gasteiger partial charge in [0.25, 0.3) is 0 Å². The van der Waals surface area contributed by atoms with Gasteiger partial charge in [-0.15, -0.1) is 5.73 Å². The fourth-order valence-electron chi connectivity index (χ4n) is 2.09. The van der Waals surface area contributed by atoms with Gasteiger partial charge in [0.15, 0.2) is 0 Å². The number of hydrogen-bond donors (Lipinski definition) is 1. The van der Waals surface area contributed by atoms with Crippen molar-refractivity contribution in [2.45, 2.75) is 44.6 Å². The van der Waals surface area contributed by atoms with Crippen LogP contribution in [0.3, 0.4) is 0 Å². The van der Waals surface area contributed by atoms with E-state index in [4.69, 9.17) is 0 Å². The molecule has 1 aromatic carbocycles. The summed E-state index contributed by atoms with van der Waals surface area (Å²) >= 11 is 0. The van der Waals surface area contributed by atoms with Crippen molar-refractivity contribution >= 4 is 8.07 Å². The van der Waals surface area contributed by atoms with E-state index in [0.29, 0.717) is 12.8 Å². The van der Waals surface area contributed by atoms with Gasteiger partial charge >= 0.3 is 0 Å². The Labute approximate surface area is 112 Å². The van der Waals surface area contributed by atoms with Crippen molar-refractivity contribution in [3.63, 3.8) is 0 Å². The fourth-order valence-corrected chi connectivity index (χ4v) is 3.64. The van der Waals surface area contributed by atoms with Crippen molar-refractivity contribution < 1.29 is 5.11 Å². The highest BCUT2D eigenvalue weighted by Crippen LogP contribution is 2.20. The molecular formula is C16H24OSi. The fraction of sp³-hybridized carbons (Fsp3) is 0.438. The van der Waals surface area contributed by atoms with E-state index in [9.17, 15) is 5.11 Å². The van der Waals surface area contributed by atoms with Gasteiger partial charge in [-0.1, -0.05) is 56.6 Å². The molecule has 1 nitrogen and oxygen atoms in total. The van der Waals surface area contributed by atoms with Gasteiger partial charge in [0.1, 0.15) is 0 Å². The first kappa shape index (κ1) is 15.0. The summed E-state index contributed by atoms with van der Waals surface area (Å²) < 4.78 is 0. The number of hydrogen-bond acceptors (Lipinski definition) is 1. The second-order valence-corrected chi connectivity index (χ2v) is 11.5. The zero-order chi connectivity index (χ0) is 13.6. The van der Waals surface area contributed by atoms with E-state index in [1.807, 2.05) is 18.2 Å². The molecular weight excluding hydrogens is 236 g/mol. The standard InChI is InChI=1S/C16H24OSi/c1-5-14(13-18(2,3)4)11-16(17)12-15-9-7-6-8-10-15/h6-10,16-17H,1,11-13H2,2-4H3. The predicted octanol–water partition coefficient (Wildman–Crippen LogP) is 4.03. The summed E-state index contributed by atoms with van der Waals surface area (Å²) in [5, 5.41) is 10.1. The van der Waals surface area contributed by atoms with Crippen molar-refractivity contribution in [1.29, 1.82) is 0 Å². The summed E-state index contributed by atoms with van der Waals surface area (Å²) in [6.45, 7) is 10.7. The molecule has 1 aromatic rings. The number of benzene rings is 1. The van der Waals surface area contributed by atoms with Crippen LogP contribution in [0.2, 0.25) is 25.7 Å². The van der Waals surface area contributed by atoms with Gasteiger partial charge < -0.3 is 5.11 Å². The van der Waals surface area contributed by atoms with Gasteiger partial charge in [0.2, 0.25) is 0 Å². The maximum Gasteiger partial charge on any atom is 0.0623 e. The molecule has 0 aliphatic carbocycles. The van der Waals surface area contributed by atoms with Crippen LogP contribution in [-0.2, 0) is 6.42 Å². The molecule has 1 unspecified atom stereocenters. The van der Waals surface area contributed by atoms with Gasteiger partial charge in [-0.05, 0) is 23.6 Å². The first-order valence-corrected chi connectivity index (χ1v) is 10.2. The average Bonchev–Trinajstić information content (AvgIpc) is 2.27. The number of aliphatic hydroxyl groups excluding tert-OH is 1. The van der Waals surface area contributed by atoms with Gasteiger partial charge in [-0.2, -0.15) is 0 Å². The minimum Gasteiger partial charge on any atom is -0.392 e. The third-order valence-electron chi connectivity index (χ3n) is 2.79. The van der Waals surface area contributed by atoms with E-state index in [2.05, 4.69) is 44.1 Å². The smallest absolute Gasteiger partial charge is 0.0623 e. The molecule has 0 bridgehead atoms. The molecule has 0 saturated heterocycles. The lowest BCUT2D eigenvalue weighted by molar-refractivity contribution is 0.175. The van der Waals surface area contributed by atoms with Crippen molar-refractivity contribution in [3.8, 4) is 0 Å². The van der Waals surface area contributed by atoms with Gasteiger partial charge in [-0.3, -0.25) is 0 Å². The number of rotatable bonds is 6. The third kappa shape index (κ3) is 6.01. The van der Waals surface area contributed by atoms with Gasteiger partial charge in [0.05, 0.1) is 6.10 Å². The molecule has 1 atom stereocenters. The Hall–Kier alpha value is -1.08. The van der Waals surface area contributed by atoms with E-state index in [-0.39, 0.29) is 6.10 Å². The molecule has 18 heavy (non-hydrogen) atoms. The molecule has 0 spiro atoms. The molecule has 0 amide bonds. The molecule has 1 rings (SSSR count). The Kier molecular flexibility index (Phi) is 5.61. The summed E-state index contributed by atoms with van der Waals surface area (Å²) in [4.78, 5) is 0. The van der Waals surface area contributed by atoms with Crippen molar-refractivity contribution in [1.82, 2.24) is 0 Å². The van der Waals surface area contributed by atoms with Crippen molar-refractivity contribution in [3.05, 3.63) is 53.8 Å². The highest BCUT2D eigenvalue weighted by atomic mass is 28.3. The first-order valence-electron chi connectivity index (χ1n) is 6.50. The van der Waals surface area contributed by atoms with Gasteiger partial charge in [-0.25, -0.2) is 0 Å². The van der Waals surface area contributed by atoms with E-state index in [1.54, 1.807) is 0 Å². The normalized spacial score (nSPS) is 12.9. The molecule has 0 heterocycles. The third-order valence-corrected chi connectivity index (χ3v) is 4.28. The molecule has 98 valence electrons. The van der Waals surface area contributed by atoms with E-state index in [1.165, 1.54) is 11.1 Å². The minimum atomic E-state index is -1.15. The highest BCUT2D eigenvalue weighted by molar-refractivity contribution is 6.76. The Bertz CT molecular complexity index is 410. The lowest BCUT2D eigenvalue weighted by Crippen LogP contribution is -2.21. The largest absolute Gasteiger partial charge is 0.392 e. The zero-order valence-electron chi connectivity index (χ0n) is 11.7. The monoisotopic (exact) mass is 260 g/mol. The lowest BCUT2D eigenvalue weighted by atomic mass is 10.0. The van der Waals surface area contributed by atoms with E-state index in [0.717, 1.165) is 6.04 Å².